The summed E-state index contributed by atoms with van der Waals surface area (Å²) in [7, 11) is 0. The van der Waals surface area contributed by atoms with Gasteiger partial charge in [-0.1, -0.05) is 0 Å². The zero-order valence-electron chi connectivity index (χ0n) is 11.7. The summed E-state index contributed by atoms with van der Waals surface area (Å²) in [6, 6.07) is 5.50. The van der Waals surface area contributed by atoms with E-state index in [1.807, 2.05) is 26.0 Å². The zero-order chi connectivity index (χ0) is 15.0. The number of halogens is 1. The molecule has 0 aliphatic carbocycles. The van der Waals surface area contributed by atoms with E-state index in [0.29, 0.717) is 35.3 Å². The topological polar surface area (TPSA) is 47.6 Å². The van der Waals surface area contributed by atoms with Crippen LogP contribution in [0.3, 0.4) is 0 Å². The molecule has 0 unspecified atom stereocenters. The van der Waals surface area contributed by atoms with Gasteiger partial charge < -0.3 is 14.8 Å². The molecule has 0 radical (unpaired) electrons. The Balaban J connectivity index is 1.85. The minimum Gasteiger partial charge on any atom is -0.486 e. The molecule has 0 fully saturated rings. The van der Waals surface area contributed by atoms with Crippen molar-refractivity contribution in [1.82, 2.24) is 0 Å². The number of thiophene rings is 1. The van der Waals surface area contributed by atoms with Crippen LogP contribution in [0, 0.1) is 13.8 Å². The third kappa shape index (κ3) is 2.91. The Morgan fingerprint density at radius 1 is 1.19 bits per heavy atom. The normalized spacial score (nSPS) is 13.1. The lowest BCUT2D eigenvalue weighted by atomic mass is 10.2. The third-order valence-corrected chi connectivity index (χ3v) is 5.08. The van der Waals surface area contributed by atoms with Gasteiger partial charge >= 0.3 is 0 Å². The Bertz CT molecular complexity index is 692. The average molecular weight is 368 g/mol. The zero-order valence-corrected chi connectivity index (χ0v) is 14.1. The van der Waals surface area contributed by atoms with E-state index in [1.54, 1.807) is 6.07 Å². The van der Waals surface area contributed by atoms with Crippen LogP contribution in [0.1, 0.15) is 20.1 Å². The summed E-state index contributed by atoms with van der Waals surface area (Å²) in [4.78, 5) is 14.2. The first-order valence-electron chi connectivity index (χ1n) is 6.52. The molecular formula is C15H14BrNO3S. The molecule has 0 bridgehead atoms. The van der Waals surface area contributed by atoms with E-state index in [-0.39, 0.29) is 5.91 Å². The molecule has 2 aromatic rings. The number of fused-ring (bicyclic) bond motifs is 1. The molecule has 6 heteroatoms. The van der Waals surface area contributed by atoms with Crippen molar-refractivity contribution in [3.8, 4) is 11.5 Å². The van der Waals surface area contributed by atoms with Gasteiger partial charge in [-0.2, -0.15) is 0 Å². The second kappa shape index (κ2) is 5.69. The second-order valence-corrected chi connectivity index (χ2v) is 6.89. The van der Waals surface area contributed by atoms with Crippen LogP contribution in [-0.2, 0) is 0 Å². The van der Waals surface area contributed by atoms with E-state index in [4.69, 9.17) is 9.47 Å². The van der Waals surface area contributed by atoms with Gasteiger partial charge in [0.2, 0.25) is 0 Å². The lowest BCUT2D eigenvalue weighted by Crippen LogP contribution is -2.16. The summed E-state index contributed by atoms with van der Waals surface area (Å²) in [6.07, 6.45) is 0. The fraction of sp³-hybridized carbons (Fsp3) is 0.267. The Hall–Kier alpha value is -1.53. The number of hydrogen-bond donors (Lipinski definition) is 1. The molecule has 1 aromatic heterocycles. The molecule has 1 aliphatic rings. The van der Waals surface area contributed by atoms with Gasteiger partial charge in [-0.05, 0) is 41.4 Å². The van der Waals surface area contributed by atoms with Gasteiger partial charge in [0, 0.05) is 21.5 Å². The Labute approximate surface area is 135 Å². The summed E-state index contributed by atoms with van der Waals surface area (Å²) < 4.78 is 11.8. The highest BCUT2D eigenvalue weighted by Gasteiger charge is 2.17. The highest BCUT2D eigenvalue weighted by Crippen LogP contribution is 2.38. The first-order chi connectivity index (χ1) is 10.0. The smallest absolute Gasteiger partial charge is 0.265 e. The molecule has 110 valence electrons. The van der Waals surface area contributed by atoms with Gasteiger partial charge in [0.05, 0.1) is 10.6 Å². The highest BCUT2D eigenvalue weighted by molar-refractivity contribution is 9.10. The quantitative estimate of drug-likeness (QED) is 0.866. The van der Waals surface area contributed by atoms with Gasteiger partial charge in [-0.15, -0.1) is 11.3 Å². The predicted octanol–water partition coefficient (Wildman–Crippen LogP) is 4.15. The number of ether oxygens (including phenoxy) is 2. The lowest BCUT2D eigenvalue weighted by molar-refractivity contribution is 0.103. The molecule has 1 aromatic carbocycles. The van der Waals surface area contributed by atoms with Crippen LogP contribution in [-0.4, -0.2) is 19.1 Å². The van der Waals surface area contributed by atoms with Gasteiger partial charge in [0.15, 0.2) is 11.5 Å². The number of carbonyl (C=O) groups is 1. The molecule has 1 N–H and O–H groups in total. The molecule has 0 spiro atoms. The number of carbonyl (C=O) groups excluding carboxylic acids is 1. The van der Waals surface area contributed by atoms with Crippen molar-refractivity contribution in [2.45, 2.75) is 13.8 Å². The van der Waals surface area contributed by atoms with Crippen molar-refractivity contribution in [3.63, 3.8) is 0 Å². The largest absolute Gasteiger partial charge is 0.486 e. The van der Waals surface area contributed by atoms with E-state index in [2.05, 4.69) is 21.2 Å². The second-order valence-electron chi connectivity index (χ2n) is 4.78. The number of nitrogens with one attached hydrogen (secondary N) is 1. The van der Waals surface area contributed by atoms with Crippen LogP contribution in [0.15, 0.2) is 22.7 Å². The molecule has 2 heterocycles. The van der Waals surface area contributed by atoms with Crippen LogP contribution in [0.4, 0.5) is 5.69 Å². The van der Waals surface area contributed by atoms with E-state index >= 15 is 0 Å². The molecule has 0 atom stereocenters. The maximum Gasteiger partial charge on any atom is 0.265 e. The maximum absolute atomic E-state index is 12.3. The molecule has 0 saturated heterocycles. The molecule has 21 heavy (non-hydrogen) atoms. The molecular weight excluding hydrogens is 354 g/mol. The third-order valence-electron chi connectivity index (χ3n) is 3.27. The number of hydrogen-bond acceptors (Lipinski definition) is 4. The fourth-order valence-electron chi connectivity index (χ4n) is 2.03. The van der Waals surface area contributed by atoms with Gasteiger partial charge in [0.25, 0.3) is 5.91 Å². The lowest BCUT2D eigenvalue weighted by Gasteiger charge is -2.20. The van der Waals surface area contributed by atoms with Crippen LogP contribution in [0.25, 0.3) is 0 Å². The van der Waals surface area contributed by atoms with Crippen molar-refractivity contribution in [2.75, 3.05) is 18.5 Å². The van der Waals surface area contributed by atoms with Gasteiger partial charge in [0.1, 0.15) is 13.2 Å². The first-order valence-corrected chi connectivity index (χ1v) is 8.13. The van der Waals surface area contributed by atoms with Crippen molar-refractivity contribution in [1.29, 1.82) is 0 Å². The Morgan fingerprint density at radius 3 is 2.48 bits per heavy atom. The van der Waals surface area contributed by atoms with Crippen molar-refractivity contribution >= 4 is 38.9 Å². The molecule has 0 saturated carbocycles. The van der Waals surface area contributed by atoms with Crippen molar-refractivity contribution in [3.05, 3.63) is 38.0 Å². The summed E-state index contributed by atoms with van der Waals surface area (Å²) in [5.74, 6) is 1.22. The van der Waals surface area contributed by atoms with Crippen LogP contribution in [0.5, 0.6) is 11.5 Å². The number of amides is 1. The van der Waals surface area contributed by atoms with Crippen LogP contribution < -0.4 is 14.8 Å². The summed E-state index contributed by atoms with van der Waals surface area (Å²) in [5, 5.41) is 2.91. The average Bonchev–Trinajstić information content (AvgIpc) is 2.79. The van der Waals surface area contributed by atoms with Crippen molar-refractivity contribution in [2.24, 2.45) is 0 Å². The Kier molecular flexibility index (Phi) is 3.91. The Morgan fingerprint density at radius 2 is 1.86 bits per heavy atom. The number of benzene rings is 1. The standard InChI is InChI=1S/C15H14BrNO3S/c1-8-5-14(21-9(8)2)15(18)17-11-7-13-12(6-10(11)16)19-3-4-20-13/h5-7H,3-4H2,1-2H3,(H,17,18). The SMILES string of the molecule is Cc1cc(C(=O)Nc2cc3c(cc2Br)OCCO3)sc1C. The van der Waals surface area contributed by atoms with E-state index in [0.717, 1.165) is 14.9 Å². The van der Waals surface area contributed by atoms with Gasteiger partial charge in [-0.3, -0.25) is 4.79 Å². The molecule has 3 rings (SSSR count). The minimum absolute atomic E-state index is 0.117. The first kappa shape index (κ1) is 14.4. The number of rotatable bonds is 2. The van der Waals surface area contributed by atoms with Crippen molar-refractivity contribution < 1.29 is 14.3 Å². The van der Waals surface area contributed by atoms with Crippen LogP contribution >= 0.6 is 27.3 Å². The van der Waals surface area contributed by atoms with E-state index in [1.165, 1.54) is 11.3 Å². The molecule has 1 aliphatic heterocycles. The summed E-state index contributed by atoms with van der Waals surface area (Å²) in [5.41, 5.74) is 1.80. The van der Waals surface area contributed by atoms with E-state index in [9.17, 15) is 4.79 Å². The predicted molar refractivity (Wildman–Crippen MR) is 86.9 cm³/mol. The highest BCUT2D eigenvalue weighted by atomic mass is 79.9. The fourth-order valence-corrected chi connectivity index (χ4v) is 3.38. The maximum atomic E-state index is 12.3. The monoisotopic (exact) mass is 367 g/mol. The summed E-state index contributed by atoms with van der Waals surface area (Å²) in [6.45, 7) is 5.07. The van der Waals surface area contributed by atoms with Gasteiger partial charge in [-0.25, -0.2) is 0 Å². The number of aryl methyl sites for hydroxylation is 2. The minimum atomic E-state index is -0.117. The molecule has 4 nitrogen and oxygen atoms in total. The van der Waals surface area contributed by atoms with E-state index < -0.39 is 0 Å². The number of anilines is 1. The van der Waals surface area contributed by atoms with Crippen LogP contribution in [0.2, 0.25) is 0 Å². The molecule has 1 amide bonds. The summed E-state index contributed by atoms with van der Waals surface area (Å²) >= 11 is 4.94.